The second-order valence-electron chi connectivity index (χ2n) is 7.89. The quantitative estimate of drug-likeness (QED) is 0.369. The molecule has 0 fully saturated rings. The molecular formula is C24H31N5O2S. The Bertz CT molecular complexity index is 1130. The van der Waals surface area contributed by atoms with E-state index in [2.05, 4.69) is 58.2 Å². The van der Waals surface area contributed by atoms with Crippen molar-refractivity contribution in [2.45, 2.75) is 51.9 Å². The van der Waals surface area contributed by atoms with E-state index in [1.807, 2.05) is 32.4 Å². The number of hydrogen-bond acceptors (Lipinski definition) is 6. The fourth-order valence-electron chi connectivity index (χ4n) is 4.02. The third-order valence-electron chi connectivity index (χ3n) is 5.78. The Morgan fingerprint density at radius 1 is 1.12 bits per heavy atom. The van der Waals surface area contributed by atoms with Crippen LogP contribution in [0, 0.1) is 13.8 Å². The van der Waals surface area contributed by atoms with Gasteiger partial charge < -0.3 is 14.5 Å². The zero-order valence-electron chi connectivity index (χ0n) is 19.8. The van der Waals surface area contributed by atoms with E-state index in [1.165, 1.54) is 24.4 Å². The summed E-state index contributed by atoms with van der Waals surface area (Å²) in [4.78, 5) is 30.4. The van der Waals surface area contributed by atoms with Crippen LogP contribution < -0.4 is 4.90 Å². The van der Waals surface area contributed by atoms with Gasteiger partial charge in [0.15, 0.2) is 22.5 Å². The second kappa shape index (κ2) is 9.73. The molecule has 3 rings (SSSR count). The molecule has 0 bridgehead atoms. The molecule has 7 nitrogen and oxygen atoms in total. The molecule has 32 heavy (non-hydrogen) atoms. The molecule has 0 aliphatic carbocycles. The lowest BCUT2D eigenvalue weighted by atomic mass is 10.0. The van der Waals surface area contributed by atoms with Crippen LogP contribution in [0.4, 0.5) is 5.69 Å². The van der Waals surface area contributed by atoms with E-state index in [1.54, 1.807) is 0 Å². The van der Waals surface area contributed by atoms with E-state index >= 15 is 0 Å². The minimum absolute atomic E-state index is 0.0411. The van der Waals surface area contributed by atoms with Crippen molar-refractivity contribution >= 4 is 29.0 Å². The summed E-state index contributed by atoms with van der Waals surface area (Å²) in [7, 11) is 1.91. The molecule has 0 saturated heterocycles. The Kier molecular flexibility index (Phi) is 7.23. The molecule has 0 aliphatic heterocycles. The van der Waals surface area contributed by atoms with Gasteiger partial charge in [0.1, 0.15) is 0 Å². The monoisotopic (exact) mass is 453 g/mol. The van der Waals surface area contributed by atoms with E-state index in [9.17, 15) is 9.59 Å². The van der Waals surface area contributed by atoms with Crippen LogP contribution in [-0.4, -0.2) is 49.7 Å². The Morgan fingerprint density at radius 2 is 1.75 bits per heavy atom. The number of aromatic amines is 1. The summed E-state index contributed by atoms with van der Waals surface area (Å²) in [5.74, 6) is 0.654. The number of H-pyrrole nitrogens is 1. The van der Waals surface area contributed by atoms with Gasteiger partial charge in [0.2, 0.25) is 0 Å². The molecule has 1 unspecified atom stereocenters. The highest BCUT2D eigenvalue weighted by molar-refractivity contribution is 8.00. The van der Waals surface area contributed by atoms with Crippen LogP contribution in [0.2, 0.25) is 0 Å². The van der Waals surface area contributed by atoms with Crippen LogP contribution >= 0.6 is 11.8 Å². The van der Waals surface area contributed by atoms with Crippen molar-refractivity contribution in [1.82, 2.24) is 19.7 Å². The van der Waals surface area contributed by atoms with E-state index in [0.29, 0.717) is 22.0 Å². The molecule has 2 aromatic heterocycles. The van der Waals surface area contributed by atoms with Crippen molar-refractivity contribution in [3.63, 3.8) is 0 Å². The van der Waals surface area contributed by atoms with Crippen LogP contribution in [0.15, 0.2) is 29.4 Å². The van der Waals surface area contributed by atoms with Crippen LogP contribution in [0.5, 0.6) is 0 Å². The number of ketones is 2. The van der Waals surface area contributed by atoms with Gasteiger partial charge in [-0.05, 0) is 71.4 Å². The fraction of sp³-hybridized carbons (Fsp3) is 0.417. The third kappa shape index (κ3) is 4.50. The van der Waals surface area contributed by atoms with Crippen LogP contribution in [0.1, 0.15) is 59.8 Å². The molecule has 8 heteroatoms. The summed E-state index contributed by atoms with van der Waals surface area (Å²) in [6.07, 6.45) is 0. The summed E-state index contributed by atoms with van der Waals surface area (Å²) in [5, 5.41) is 8.97. The highest BCUT2D eigenvalue weighted by Crippen LogP contribution is 2.29. The van der Waals surface area contributed by atoms with Crippen LogP contribution in [0.25, 0.3) is 11.4 Å². The molecule has 0 amide bonds. The van der Waals surface area contributed by atoms with Gasteiger partial charge in [0, 0.05) is 42.6 Å². The number of carbonyl (C=O) groups excluding carboxylic acids is 2. The lowest BCUT2D eigenvalue weighted by Crippen LogP contribution is -2.21. The Labute approximate surface area is 193 Å². The molecule has 0 radical (unpaired) electrons. The van der Waals surface area contributed by atoms with Crippen molar-refractivity contribution < 1.29 is 9.59 Å². The fourth-order valence-corrected chi connectivity index (χ4v) is 4.89. The number of rotatable bonds is 9. The first-order valence-electron chi connectivity index (χ1n) is 10.8. The van der Waals surface area contributed by atoms with E-state index in [-0.39, 0.29) is 16.8 Å². The summed E-state index contributed by atoms with van der Waals surface area (Å²) in [6, 6.07) is 8.29. The van der Waals surface area contributed by atoms with Gasteiger partial charge in [-0.25, -0.2) is 0 Å². The average molecular weight is 454 g/mol. The van der Waals surface area contributed by atoms with Crippen molar-refractivity contribution in [3.05, 3.63) is 46.8 Å². The SMILES string of the molecule is CCN(CC)c1ccc(-c2nnc(SC(C)C(=O)c3[nH]c(C)c(C(C)=O)c3C)n2C)cc1. The Balaban J connectivity index is 1.79. The van der Waals surface area contributed by atoms with Gasteiger partial charge in [-0.15, -0.1) is 10.2 Å². The molecule has 1 aromatic carbocycles. The number of carbonyl (C=O) groups is 2. The van der Waals surface area contributed by atoms with Crippen molar-refractivity contribution in [2.24, 2.45) is 7.05 Å². The number of aromatic nitrogens is 4. The summed E-state index contributed by atoms with van der Waals surface area (Å²) in [5.41, 5.74) is 4.67. The molecule has 1 atom stereocenters. The number of Topliss-reactive ketones (excluding diaryl/α,β-unsaturated/α-hetero) is 2. The largest absolute Gasteiger partial charge is 0.372 e. The van der Waals surface area contributed by atoms with Gasteiger partial charge >= 0.3 is 0 Å². The summed E-state index contributed by atoms with van der Waals surface area (Å²) >= 11 is 1.36. The number of aryl methyl sites for hydroxylation is 1. The number of anilines is 1. The van der Waals surface area contributed by atoms with Crippen molar-refractivity contribution in [3.8, 4) is 11.4 Å². The average Bonchev–Trinajstić information content (AvgIpc) is 3.27. The van der Waals surface area contributed by atoms with E-state index in [0.717, 1.165) is 30.2 Å². The minimum Gasteiger partial charge on any atom is -0.372 e. The standard InChI is InChI=1S/C24H31N5O2S/c1-8-29(9-2)19-12-10-18(11-13-19)23-26-27-24(28(23)7)32-17(6)22(31)21-14(3)20(16(5)30)15(4)25-21/h10-13,17,25H,8-9H2,1-7H3. The summed E-state index contributed by atoms with van der Waals surface area (Å²) < 4.78 is 1.91. The molecule has 0 aliphatic rings. The van der Waals surface area contributed by atoms with Gasteiger partial charge in [0.05, 0.1) is 10.9 Å². The maximum atomic E-state index is 13.1. The number of hydrogen-bond donors (Lipinski definition) is 1. The molecular weight excluding hydrogens is 422 g/mol. The Hall–Kier alpha value is -2.87. The third-order valence-corrected chi connectivity index (χ3v) is 6.91. The van der Waals surface area contributed by atoms with Gasteiger partial charge in [-0.3, -0.25) is 9.59 Å². The summed E-state index contributed by atoms with van der Waals surface area (Å²) in [6.45, 7) is 13.2. The molecule has 170 valence electrons. The molecule has 0 spiro atoms. The first-order chi connectivity index (χ1) is 15.2. The van der Waals surface area contributed by atoms with E-state index in [4.69, 9.17) is 0 Å². The number of nitrogens with zero attached hydrogens (tertiary/aromatic N) is 4. The first-order valence-corrected chi connectivity index (χ1v) is 11.7. The molecule has 0 saturated carbocycles. The molecule has 1 N–H and O–H groups in total. The maximum absolute atomic E-state index is 13.1. The zero-order chi connectivity index (χ0) is 23.6. The van der Waals surface area contributed by atoms with Crippen LogP contribution in [0.3, 0.4) is 0 Å². The lowest BCUT2D eigenvalue weighted by molar-refractivity contribution is 0.0988. The zero-order valence-corrected chi connectivity index (χ0v) is 20.6. The number of thioether (sulfide) groups is 1. The van der Waals surface area contributed by atoms with Crippen LogP contribution in [-0.2, 0) is 7.05 Å². The highest BCUT2D eigenvalue weighted by Gasteiger charge is 2.26. The predicted molar refractivity (Wildman–Crippen MR) is 130 cm³/mol. The predicted octanol–water partition coefficient (Wildman–Crippen LogP) is 4.84. The highest BCUT2D eigenvalue weighted by atomic mass is 32.2. The number of nitrogens with one attached hydrogen (secondary N) is 1. The smallest absolute Gasteiger partial charge is 0.192 e. The first kappa shape index (κ1) is 23.8. The van der Waals surface area contributed by atoms with Crippen molar-refractivity contribution in [1.29, 1.82) is 0 Å². The topological polar surface area (TPSA) is 83.9 Å². The maximum Gasteiger partial charge on any atom is 0.192 e. The van der Waals surface area contributed by atoms with Gasteiger partial charge in [0.25, 0.3) is 0 Å². The Morgan fingerprint density at radius 3 is 2.28 bits per heavy atom. The van der Waals surface area contributed by atoms with E-state index < -0.39 is 0 Å². The lowest BCUT2D eigenvalue weighted by Gasteiger charge is -2.21. The van der Waals surface area contributed by atoms with Gasteiger partial charge in [-0.2, -0.15) is 0 Å². The minimum atomic E-state index is -0.382. The number of benzene rings is 1. The normalized spacial score (nSPS) is 12.1. The molecule has 3 aromatic rings. The molecule has 2 heterocycles. The van der Waals surface area contributed by atoms with Gasteiger partial charge in [-0.1, -0.05) is 11.8 Å². The second-order valence-corrected chi connectivity index (χ2v) is 9.20. The van der Waals surface area contributed by atoms with Crippen molar-refractivity contribution in [2.75, 3.05) is 18.0 Å².